The molecular weight excluding hydrogens is 216 g/mol. The lowest BCUT2D eigenvalue weighted by Gasteiger charge is -2.07. The quantitative estimate of drug-likeness (QED) is 0.529. The summed E-state index contributed by atoms with van der Waals surface area (Å²) in [6.07, 6.45) is 8.41. The highest BCUT2D eigenvalue weighted by Crippen LogP contribution is 2.11. The summed E-state index contributed by atoms with van der Waals surface area (Å²) in [6.45, 7) is 6.11. The fourth-order valence-electron chi connectivity index (χ4n) is 1.71. The lowest BCUT2D eigenvalue weighted by Crippen LogP contribution is -2.12. The largest absolute Gasteiger partial charge is 0.469 e. The molecule has 1 unspecified atom stereocenters. The fourth-order valence-corrected chi connectivity index (χ4v) is 1.71. The third kappa shape index (κ3) is 10.3. The standard InChI is InChI=1S/C10H20O2.C4H8O/c1-4-5-6-7-8-9(2)10(11)12-3;1-2-4-5-3-1/h9H,4-8H2,1-3H3;1-4H2. The van der Waals surface area contributed by atoms with Crippen LogP contribution in [0, 0.1) is 5.92 Å². The van der Waals surface area contributed by atoms with Gasteiger partial charge in [0.1, 0.15) is 0 Å². The molecule has 0 radical (unpaired) electrons. The van der Waals surface area contributed by atoms with Crippen molar-refractivity contribution < 1.29 is 14.3 Å². The molecule has 3 nitrogen and oxygen atoms in total. The summed E-state index contributed by atoms with van der Waals surface area (Å²) in [6, 6.07) is 0. The molecule has 0 aliphatic carbocycles. The maximum absolute atomic E-state index is 11.0. The lowest BCUT2D eigenvalue weighted by molar-refractivity contribution is -0.145. The number of esters is 1. The molecule has 3 heteroatoms. The van der Waals surface area contributed by atoms with Crippen molar-refractivity contribution in [1.82, 2.24) is 0 Å². The summed E-state index contributed by atoms with van der Waals surface area (Å²) >= 11 is 0. The molecular formula is C14H28O3. The first kappa shape index (κ1) is 16.4. The Morgan fingerprint density at radius 1 is 1.24 bits per heavy atom. The minimum absolute atomic E-state index is 0.0758. The van der Waals surface area contributed by atoms with Crippen molar-refractivity contribution in [3.05, 3.63) is 0 Å². The second-order valence-electron chi connectivity index (χ2n) is 4.59. The first-order valence-electron chi connectivity index (χ1n) is 6.88. The molecule has 1 heterocycles. The third-order valence-electron chi connectivity index (χ3n) is 2.92. The molecule has 1 rings (SSSR count). The monoisotopic (exact) mass is 244 g/mol. The minimum atomic E-state index is -0.0773. The summed E-state index contributed by atoms with van der Waals surface area (Å²) in [7, 11) is 1.45. The van der Waals surface area contributed by atoms with Gasteiger partial charge in [0.25, 0.3) is 0 Å². The highest BCUT2D eigenvalue weighted by atomic mass is 16.5. The van der Waals surface area contributed by atoms with E-state index in [1.165, 1.54) is 39.2 Å². The number of carbonyl (C=O) groups excluding carboxylic acids is 1. The Kier molecular flexibility index (Phi) is 11.5. The Hall–Kier alpha value is -0.570. The van der Waals surface area contributed by atoms with E-state index in [2.05, 4.69) is 11.7 Å². The number of unbranched alkanes of at least 4 members (excludes halogenated alkanes) is 3. The van der Waals surface area contributed by atoms with Gasteiger partial charge >= 0.3 is 5.97 Å². The number of carbonyl (C=O) groups is 1. The molecule has 0 aromatic carbocycles. The first-order valence-corrected chi connectivity index (χ1v) is 6.88. The van der Waals surface area contributed by atoms with E-state index in [4.69, 9.17) is 4.74 Å². The van der Waals surface area contributed by atoms with Crippen LogP contribution in [0.2, 0.25) is 0 Å². The molecule has 1 fully saturated rings. The molecule has 0 amide bonds. The van der Waals surface area contributed by atoms with Crippen LogP contribution in [0.5, 0.6) is 0 Å². The molecule has 0 saturated carbocycles. The highest BCUT2D eigenvalue weighted by Gasteiger charge is 2.11. The summed E-state index contributed by atoms with van der Waals surface area (Å²) in [5.41, 5.74) is 0. The van der Waals surface area contributed by atoms with Crippen LogP contribution in [0.15, 0.2) is 0 Å². The zero-order valence-corrected chi connectivity index (χ0v) is 11.7. The van der Waals surface area contributed by atoms with Gasteiger partial charge in [-0.05, 0) is 19.3 Å². The molecule has 1 aliphatic heterocycles. The van der Waals surface area contributed by atoms with Crippen LogP contribution >= 0.6 is 0 Å². The highest BCUT2D eigenvalue weighted by molar-refractivity contribution is 5.71. The number of methoxy groups -OCH3 is 1. The van der Waals surface area contributed by atoms with E-state index < -0.39 is 0 Å². The van der Waals surface area contributed by atoms with Gasteiger partial charge in [-0.3, -0.25) is 4.79 Å². The van der Waals surface area contributed by atoms with Gasteiger partial charge in [-0.15, -0.1) is 0 Å². The van der Waals surface area contributed by atoms with Crippen molar-refractivity contribution in [3.8, 4) is 0 Å². The Morgan fingerprint density at radius 3 is 2.29 bits per heavy atom. The Balaban J connectivity index is 0.000000419. The average molecular weight is 244 g/mol. The molecule has 1 aliphatic rings. The van der Waals surface area contributed by atoms with Crippen LogP contribution in [0.1, 0.15) is 58.8 Å². The molecule has 0 N–H and O–H groups in total. The van der Waals surface area contributed by atoms with Gasteiger partial charge in [-0.1, -0.05) is 39.5 Å². The summed E-state index contributed by atoms with van der Waals surface area (Å²) in [4.78, 5) is 11.0. The van der Waals surface area contributed by atoms with Crippen molar-refractivity contribution >= 4 is 5.97 Å². The molecule has 17 heavy (non-hydrogen) atoms. The summed E-state index contributed by atoms with van der Waals surface area (Å²) in [5, 5.41) is 0. The van der Waals surface area contributed by atoms with Gasteiger partial charge in [0.15, 0.2) is 0 Å². The van der Waals surface area contributed by atoms with Crippen LogP contribution in [0.3, 0.4) is 0 Å². The maximum atomic E-state index is 11.0. The zero-order chi connectivity index (χ0) is 12.9. The summed E-state index contributed by atoms with van der Waals surface area (Å²) < 4.78 is 9.57. The Labute approximate surface area is 106 Å². The van der Waals surface area contributed by atoms with E-state index in [1.54, 1.807) is 0 Å². The van der Waals surface area contributed by atoms with Gasteiger partial charge in [-0.2, -0.15) is 0 Å². The molecule has 0 aromatic rings. The normalized spacial score (nSPS) is 15.9. The Bertz CT molecular complexity index is 169. The molecule has 1 atom stereocenters. The van der Waals surface area contributed by atoms with Gasteiger partial charge in [0.2, 0.25) is 0 Å². The second kappa shape index (κ2) is 11.9. The van der Waals surface area contributed by atoms with E-state index >= 15 is 0 Å². The molecule has 0 spiro atoms. The van der Waals surface area contributed by atoms with Crippen LogP contribution in [-0.2, 0) is 14.3 Å². The average Bonchev–Trinajstić information content (AvgIpc) is 2.92. The number of hydrogen-bond donors (Lipinski definition) is 0. The van der Waals surface area contributed by atoms with E-state index in [9.17, 15) is 4.79 Å². The predicted octanol–water partition coefficient (Wildman–Crippen LogP) is 3.56. The van der Waals surface area contributed by atoms with Crippen molar-refractivity contribution in [2.75, 3.05) is 20.3 Å². The van der Waals surface area contributed by atoms with Crippen molar-refractivity contribution in [2.24, 2.45) is 5.92 Å². The van der Waals surface area contributed by atoms with Crippen LogP contribution in [-0.4, -0.2) is 26.3 Å². The third-order valence-corrected chi connectivity index (χ3v) is 2.92. The lowest BCUT2D eigenvalue weighted by atomic mass is 10.0. The first-order chi connectivity index (χ1) is 8.22. The van der Waals surface area contributed by atoms with Crippen molar-refractivity contribution in [2.45, 2.75) is 58.8 Å². The number of hydrogen-bond acceptors (Lipinski definition) is 3. The molecule has 102 valence electrons. The maximum Gasteiger partial charge on any atom is 0.308 e. The Morgan fingerprint density at radius 2 is 1.88 bits per heavy atom. The summed E-state index contributed by atoms with van der Waals surface area (Å²) in [5.74, 6) is -0.00152. The van der Waals surface area contributed by atoms with E-state index in [1.807, 2.05) is 6.92 Å². The van der Waals surface area contributed by atoms with E-state index in [0.717, 1.165) is 26.1 Å². The fraction of sp³-hybridized carbons (Fsp3) is 0.929. The number of ether oxygens (including phenoxy) is 2. The van der Waals surface area contributed by atoms with Crippen LogP contribution in [0.4, 0.5) is 0 Å². The second-order valence-corrected chi connectivity index (χ2v) is 4.59. The van der Waals surface area contributed by atoms with E-state index in [-0.39, 0.29) is 11.9 Å². The van der Waals surface area contributed by atoms with Gasteiger partial charge < -0.3 is 9.47 Å². The van der Waals surface area contributed by atoms with Gasteiger partial charge in [-0.25, -0.2) is 0 Å². The minimum Gasteiger partial charge on any atom is -0.469 e. The van der Waals surface area contributed by atoms with Crippen LogP contribution < -0.4 is 0 Å². The van der Waals surface area contributed by atoms with Gasteiger partial charge in [0, 0.05) is 13.2 Å². The topological polar surface area (TPSA) is 35.5 Å². The SMILES string of the molecule is C1CCOC1.CCCCCCC(C)C(=O)OC. The smallest absolute Gasteiger partial charge is 0.308 e. The van der Waals surface area contributed by atoms with E-state index in [0.29, 0.717) is 0 Å². The predicted molar refractivity (Wildman–Crippen MR) is 70.0 cm³/mol. The van der Waals surface area contributed by atoms with Crippen molar-refractivity contribution in [1.29, 1.82) is 0 Å². The van der Waals surface area contributed by atoms with Crippen molar-refractivity contribution in [3.63, 3.8) is 0 Å². The zero-order valence-electron chi connectivity index (χ0n) is 11.7. The molecule has 0 bridgehead atoms. The van der Waals surface area contributed by atoms with Gasteiger partial charge in [0.05, 0.1) is 13.0 Å². The van der Waals surface area contributed by atoms with Crippen LogP contribution in [0.25, 0.3) is 0 Å². The molecule has 1 saturated heterocycles. The number of rotatable bonds is 6. The molecule has 0 aromatic heterocycles.